The van der Waals surface area contributed by atoms with Gasteiger partial charge < -0.3 is 9.15 Å². The third-order valence-electron chi connectivity index (χ3n) is 4.46. The highest BCUT2D eigenvalue weighted by atomic mass is 16.5. The monoisotopic (exact) mass is 358 g/mol. The molecule has 0 aliphatic heterocycles. The van der Waals surface area contributed by atoms with E-state index in [9.17, 15) is 14.4 Å². The first-order valence-corrected chi connectivity index (χ1v) is 8.26. The van der Waals surface area contributed by atoms with Gasteiger partial charge in [0.05, 0.1) is 12.7 Å². The van der Waals surface area contributed by atoms with Gasteiger partial charge in [-0.25, -0.2) is 4.79 Å². The number of rotatable bonds is 4. The molecule has 2 aliphatic carbocycles. The summed E-state index contributed by atoms with van der Waals surface area (Å²) in [7, 11) is 1.30. The standard InChI is InChI=1S/C22H14O5/c1-26-22(25)18-11-17(15-5-3-2-4-6-16(15)18)21(24)20-10-14-9-13(12-23)7-8-19(14)27-20/h2-12H,1H3. The Hall–Kier alpha value is -3.73. The van der Waals surface area contributed by atoms with Gasteiger partial charge >= 0.3 is 5.97 Å². The molecule has 0 spiro atoms. The van der Waals surface area contributed by atoms with Gasteiger partial charge in [0.15, 0.2) is 5.76 Å². The van der Waals surface area contributed by atoms with E-state index in [4.69, 9.17) is 9.15 Å². The molecule has 4 rings (SSSR count). The van der Waals surface area contributed by atoms with Crippen LogP contribution in [-0.4, -0.2) is 25.1 Å². The zero-order valence-corrected chi connectivity index (χ0v) is 14.4. The minimum atomic E-state index is -0.509. The zero-order chi connectivity index (χ0) is 19.0. The number of ketones is 1. The van der Waals surface area contributed by atoms with Crippen molar-refractivity contribution in [3.63, 3.8) is 0 Å². The number of ether oxygens (including phenoxy) is 1. The Morgan fingerprint density at radius 3 is 2.37 bits per heavy atom. The second kappa shape index (κ2) is 6.53. The van der Waals surface area contributed by atoms with Crippen LogP contribution in [0.3, 0.4) is 0 Å². The molecule has 27 heavy (non-hydrogen) atoms. The van der Waals surface area contributed by atoms with Crippen molar-refractivity contribution in [2.24, 2.45) is 0 Å². The Morgan fingerprint density at radius 1 is 0.926 bits per heavy atom. The highest BCUT2D eigenvalue weighted by molar-refractivity contribution is 6.16. The van der Waals surface area contributed by atoms with Crippen LogP contribution < -0.4 is 0 Å². The lowest BCUT2D eigenvalue weighted by atomic mass is 10.0. The number of methoxy groups -OCH3 is 1. The highest BCUT2D eigenvalue weighted by Crippen LogP contribution is 2.34. The van der Waals surface area contributed by atoms with Gasteiger partial charge in [-0.2, -0.15) is 0 Å². The normalized spacial score (nSPS) is 10.9. The summed E-state index contributed by atoms with van der Waals surface area (Å²) >= 11 is 0. The van der Waals surface area contributed by atoms with E-state index in [0.717, 1.165) is 6.29 Å². The van der Waals surface area contributed by atoms with Gasteiger partial charge in [-0.3, -0.25) is 9.59 Å². The molecule has 0 amide bonds. The third-order valence-corrected chi connectivity index (χ3v) is 4.46. The highest BCUT2D eigenvalue weighted by Gasteiger charge is 2.26. The summed E-state index contributed by atoms with van der Waals surface area (Å²) in [5, 5.41) is 0.664. The van der Waals surface area contributed by atoms with Crippen LogP contribution >= 0.6 is 0 Å². The van der Waals surface area contributed by atoms with Crippen LogP contribution in [0.1, 0.15) is 36.8 Å². The van der Waals surface area contributed by atoms with Crippen molar-refractivity contribution in [3.8, 4) is 11.1 Å². The lowest BCUT2D eigenvalue weighted by Gasteiger charge is -2.00. The first-order valence-electron chi connectivity index (χ1n) is 8.26. The number of benzene rings is 1. The Labute approximate surface area is 154 Å². The van der Waals surface area contributed by atoms with E-state index in [2.05, 4.69) is 0 Å². The van der Waals surface area contributed by atoms with Gasteiger partial charge in [0.1, 0.15) is 11.9 Å². The summed E-state index contributed by atoms with van der Waals surface area (Å²) in [6.07, 6.45) is 0.737. The molecule has 0 unspecified atom stereocenters. The quantitative estimate of drug-likeness (QED) is 0.308. The van der Waals surface area contributed by atoms with Crippen LogP contribution in [0.2, 0.25) is 0 Å². The fourth-order valence-electron chi connectivity index (χ4n) is 3.16. The lowest BCUT2D eigenvalue weighted by molar-refractivity contribution is 0.0602. The van der Waals surface area contributed by atoms with Crippen molar-refractivity contribution < 1.29 is 23.5 Å². The van der Waals surface area contributed by atoms with Gasteiger partial charge in [-0.05, 0) is 41.5 Å². The Bertz CT molecular complexity index is 1170. The predicted octanol–water partition coefficient (Wildman–Crippen LogP) is 4.37. The van der Waals surface area contributed by atoms with Crippen LogP contribution in [0.25, 0.3) is 22.1 Å². The van der Waals surface area contributed by atoms with Gasteiger partial charge in [0.25, 0.3) is 0 Å². The molecule has 0 radical (unpaired) electrons. The van der Waals surface area contributed by atoms with Gasteiger partial charge in [0, 0.05) is 16.5 Å². The topological polar surface area (TPSA) is 73.6 Å². The smallest absolute Gasteiger partial charge is 0.338 e. The van der Waals surface area contributed by atoms with Crippen molar-refractivity contribution >= 4 is 29.0 Å². The number of carbonyl (C=O) groups is 3. The minimum absolute atomic E-state index is 0.142. The van der Waals surface area contributed by atoms with E-state index < -0.39 is 5.97 Å². The summed E-state index contributed by atoms with van der Waals surface area (Å²) in [5.41, 5.74) is 2.97. The third kappa shape index (κ3) is 2.79. The van der Waals surface area contributed by atoms with E-state index >= 15 is 0 Å². The molecule has 0 saturated carbocycles. The van der Waals surface area contributed by atoms with Crippen LogP contribution in [0.4, 0.5) is 0 Å². The molecule has 5 heteroatoms. The van der Waals surface area contributed by atoms with Gasteiger partial charge in [0.2, 0.25) is 5.78 Å². The van der Waals surface area contributed by atoms with Crippen molar-refractivity contribution in [3.05, 3.63) is 83.1 Å². The van der Waals surface area contributed by atoms with Crippen molar-refractivity contribution in [1.82, 2.24) is 0 Å². The second-order valence-electron chi connectivity index (χ2n) is 6.06. The molecule has 0 fully saturated rings. The first kappa shape index (κ1) is 16.7. The maximum atomic E-state index is 13.1. The van der Waals surface area contributed by atoms with Crippen LogP contribution in [0, 0.1) is 0 Å². The molecular weight excluding hydrogens is 344 g/mol. The molecule has 1 aromatic heterocycles. The van der Waals surface area contributed by atoms with Gasteiger partial charge in [-0.15, -0.1) is 0 Å². The molecule has 0 saturated heterocycles. The van der Waals surface area contributed by atoms with Crippen molar-refractivity contribution in [2.45, 2.75) is 0 Å². The lowest BCUT2D eigenvalue weighted by Crippen LogP contribution is -2.00. The van der Waals surface area contributed by atoms with E-state index in [1.165, 1.54) is 13.2 Å². The van der Waals surface area contributed by atoms with Crippen molar-refractivity contribution in [2.75, 3.05) is 7.11 Å². The molecule has 0 bridgehead atoms. The first-order chi connectivity index (χ1) is 13.1. The molecular formula is C22H14O5. The number of esters is 1. The summed E-state index contributed by atoms with van der Waals surface area (Å²) in [6, 6.07) is 17.0. The Balaban J connectivity index is 1.86. The SMILES string of the molecule is COC(=O)c1cc(C(=O)c2cc3cc(C=O)ccc3o2)c2cccccc1-2. The number of hydrogen-bond acceptors (Lipinski definition) is 5. The zero-order valence-electron chi connectivity index (χ0n) is 14.4. The molecule has 0 N–H and O–H groups in total. The number of hydrogen-bond donors (Lipinski definition) is 0. The van der Waals surface area contributed by atoms with Crippen LogP contribution in [0.15, 0.2) is 65.1 Å². The molecule has 5 nitrogen and oxygen atoms in total. The largest absolute Gasteiger partial charge is 0.465 e. The van der Waals surface area contributed by atoms with Crippen LogP contribution in [-0.2, 0) is 4.74 Å². The number of fused-ring (bicyclic) bond motifs is 2. The molecule has 2 aromatic rings. The summed E-state index contributed by atoms with van der Waals surface area (Å²) in [4.78, 5) is 36.2. The van der Waals surface area contributed by atoms with Crippen molar-refractivity contribution in [1.29, 1.82) is 0 Å². The summed E-state index contributed by atoms with van der Waals surface area (Å²) in [6.45, 7) is 0. The van der Waals surface area contributed by atoms with E-state index in [-0.39, 0.29) is 11.5 Å². The predicted molar refractivity (Wildman–Crippen MR) is 99.4 cm³/mol. The fourth-order valence-corrected chi connectivity index (χ4v) is 3.16. The molecule has 0 atom stereocenters. The summed E-state index contributed by atoms with van der Waals surface area (Å²) in [5.74, 6) is -0.710. The summed E-state index contributed by atoms with van der Waals surface area (Å²) < 4.78 is 10.5. The average Bonchev–Trinajstić information content (AvgIpc) is 3.19. The minimum Gasteiger partial charge on any atom is -0.465 e. The molecule has 1 aromatic carbocycles. The number of aldehydes is 1. The van der Waals surface area contributed by atoms with E-state index in [1.807, 2.05) is 6.07 Å². The van der Waals surface area contributed by atoms with Gasteiger partial charge in [-0.1, -0.05) is 30.3 Å². The number of carbonyl (C=O) groups excluding carboxylic acids is 3. The second-order valence-corrected chi connectivity index (χ2v) is 6.06. The Kier molecular flexibility index (Phi) is 4.05. The average molecular weight is 358 g/mol. The maximum absolute atomic E-state index is 13.1. The fraction of sp³-hybridized carbons (Fsp3) is 0.0455. The molecule has 132 valence electrons. The molecule has 1 heterocycles. The number of furan rings is 1. The van der Waals surface area contributed by atoms with E-state index in [1.54, 1.807) is 48.5 Å². The van der Waals surface area contributed by atoms with E-state index in [0.29, 0.717) is 38.8 Å². The maximum Gasteiger partial charge on any atom is 0.338 e. The van der Waals surface area contributed by atoms with Crippen LogP contribution in [0.5, 0.6) is 0 Å². The Morgan fingerprint density at radius 2 is 1.67 bits per heavy atom. The molecule has 2 aliphatic rings.